The molecule has 1 aromatic heterocycles. The molecule has 3 rings (SSSR count). The van der Waals surface area contributed by atoms with Crippen LogP contribution in [0.5, 0.6) is 0 Å². The van der Waals surface area contributed by atoms with Crippen LogP contribution in [-0.2, 0) is 12.5 Å². The number of pyridine rings is 1. The van der Waals surface area contributed by atoms with E-state index in [2.05, 4.69) is 103 Å². The first-order valence-corrected chi connectivity index (χ1v) is 11.1. The highest BCUT2D eigenvalue weighted by atomic mass is 14.9. The molecule has 1 heterocycles. The van der Waals surface area contributed by atoms with Crippen LogP contribution in [0.15, 0.2) is 36.4 Å². The van der Waals surface area contributed by atoms with Crippen LogP contribution in [-0.4, -0.2) is 0 Å². The van der Waals surface area contributed by atoms with Crippen LogP contribution in [0.2, 0.25) is 0 Å². The monoisotopic (exact) mass is 388 g/mol. The van der Waals surface area contributed by atoms with E-state index >= 15 is 0 Å². The summed E-state index contributed by atoms with van der Waals surface area (Å²) in [6.45, 7) is 18.2. The van der Waals surface area contributed by atoms with Crippen molar-refractivity contribution >= 4 is 10.8 Å². The van der Waals surface area contributed by atoms with Crippen molar-refractivity contribution in [1.29, 1.82) is 0 Å². The fraction of sp³-hybridized carbons (Fsp3) is 0.464. The fourth-order valence-corrected chi connectivity index (χ4v) is 4.47. The van der Waals surface area contributed by atoms with E-state index in [0.717, 1.165) is 0 Å². The number of aryl methyl sites for hydroxylation is 2. The summed E-state index contributed by atoms with van der Waals surface area (Å²) in [5.74, 6) is 0.644. The second-order valence-electron chi connectivity index (χ2n) is 9.77. The Morgan fingerprint density at radius 3 is 2.14 bits per heavy atom. The lowest BCUT2D eigenvalue weighted by Crippen LogP contribution is -2.35. The Morgan fingerprint density at radius 1 is 0.897 bits per heavy atom. The van der Waals surface area contributed by atoms with E-state index in [1.807, 2.05) is 0 Å². The molecular formula is C28H38N+. The minimum atomic E-state index is 0.133. The lowest BCUT2D eigenvalue weighted by atomic mass is 9.82. The Bertz CT molecular complexity index is 1050. The maximum Gasteiger partial charge on any atom is 0.220 e. The summed E-state index contributed by atoms with van der Waals surface area (Å²) in [6.07, 6.45) is 2.39. The van der Waals surface area contributed by atoms with Crippen molar-refractivity contribution < 1.29 is 4.57 Å². The predicted molar refractivity (Wildman–Crippen MR) is 127 cm³/mol. The number of aromatic nitrogens is 1. The molecule has 0 fully saturated rings. The summed E-state index contributed by atoms with van der Waals surface area (Å²) in [5, 5.41) is 2.71. The van der Waals surface area contributed by atoms with Gasteiger partial charge in [0.15, 0.2) is 5.69 Å². The van der Waals surface area contributed by atoms with Crippen molar-refractivity contribution in [3.63, 3.8) is 0 Å². The molecule has 29 heavy (non-hydrogen) atoms. The van der Waals surface area contributed by atoms with E-state index in [-0.39, 0.29) is 5.41 Å². The quantitative estimate of drug-likeness (QED) is 0.408. The lowest BCUT2D eigenvalue weighted by molar-refractivity contribution is -0.665. The Labute approximate surface area is 177 Å². The molecule has 0 atom stereocenters. The van der Waals surface area contributed by atoms with E-state index in [4.69, 9.17) is 0 Å². The Balaban J connectivity index is 2.35. The summed E-state index contributed by atoms with van der Waals surface area (Å²) in [5.41, 5.74) is 9.75. The van der Waals surface area contributed by atoms with E-state index in [1.54, 1.807) is 0 Å². The number of hydrogen-bond donors (Lipinski definition) is 0. The molecule has 0 aliphatic carbocycles. The summed E-state index contributed by atoms with van der Waals surface area (Å²) in [7, 11) is 2.21. The van der Waals surface area contributed by atoms with E-state index in [0.29, 0.717) is 5.92 Å². The van der Waals surface area contributed by atoms with Crippen molar-refractivity contribution in [2.75, 3.05) is 0 Å². The van der Waals surface area contributed by atoms with Gasteiger partial charge < -0.3 is 0 Å². The maximum absolute atomic E-state index is 2.43. The SMILES string of the molecule is CCC(CC)c1ccc2c(-c3cc(C(C)(C)C)cc(C)c3C)[n+](C)c(C)cc2c1. The average Bonchev–Trinajstić information content (AvgIpc) is 2.65. The first kappa shape index (κ1) is 21.6. The molecule has 0 unspecified atom stereocenters. The standard InChI is InChI=1S/C28H38N/c1-10-21(11-2)22-12-13-25-23(16-22)15-19(4)29(9)27(25)26-17-24(28(6,7)8)14-18(3)20(26)5/h12-17,21H,10-11H2,1-9H3/q+1. The highest BCUT2D eigenvalue weighted by Crippen LogP contribution is 2.36. The van der Waals surface area contributed by atoms with E-state index < -0.39 is 0 Å². The highest BCUT2D eigenvalue weighted by Gasteiger charge is 2.24. The second kappa shape index (κ2) is 7.94. The van der Waals surface area contributed by atoms with Crippen LogP contribution < -0.4 is 4.57 Å². The van der Waals surface area contributed by atoms with Gasteiger partial charge in [0.25, 0.3) is 0 Å². The molecule has 2 aromatic carbocycles. The van der Waals surface area contributed by atoms with Gasteiger partial charge in [-0.1, -0.05) is 52.8 Å². The molecule has 0 bridgehead atoms. The molecule has 0 saturated carbocycles. The molecule has 3 aromatic rings. The molecule has 0 spiro atoms. The van der Waals surface area contributed by atoms with Gasteiger partial charge in [0.2, 0.25) is 5.69 Å². The number of nitrogens with zero attached hydrogens (tertiary/aromatic N) is 1. The topological polar surface area (TPSA) is 3.88 Å². The number of benzene rings is 2. The second-order valence-corrected chi connectivity index (χ2v) is 9.77. The third kappa shape index (κ3) is 3.97. The molecule has 154 valence electrons. The minimum Gasteiger partial charge on any atom is -0.198 e. The van der Waals surface area contributed by atoms with Crippen molar-refractivity contribution in [2.45, 2.75) is 79.6 Å². The predicted octanol–water partition coefficient (Wildman–Crippen LogP) is 7.46. The van der Waals surface area contributed by atoms with Crippen LogP contribution in [0.1, 0.15) is 81.3 Å². The van der Waals surface area contributed by atoms with Gasteiger partial charge in [-0.05, 0) is 77.8 Å². The van der Waals surface area contributed by atoms with Gasteiger partial charge in [0.05, 0.1) is 10.9 Å². The molecule has 0 aliphatic rings. The first-order valence-electron chi connectivity index (χ1n) is 11.1. The number of fused-ring (bicyclic) bond motifs is 1. The average molecular weight is 389 g/mol. The normalized spacial score (nSPS) is 12.2. The summed E-state index contributed by atoms with van der Waals surface area (Å²) in [6, 6.07) is 14.3. The van der Waals surface area contributed by atoms with Gasteiger partial charge in [0.1, 0.15) is 7.05 Å². The zero-order valence-electron chi connectivity index (χ0n) is 19.9. The molecule has 0 saturated heterocycles. The number of hydrogen-bond acceptors (Lipinski definition) is 0. The van der Waals surface area contributed by atoms with Gasteiger partial charge >= 0.3 is 0 Å². The molecule has 0 radical (unpaired) electrons. The van der Waals surface area contributed by atoms with Crippen LogP contribution in [0.25, 0.3) is 22.0 Å². The smallest absolute Gasteiger partial charge is 0.198 e. The zero-order chi connectivity index (χ0) is 21.5. The summed E-state index contributed by atoms with van der Waals surface area (Å²) < 4.78 is 2.37. The Morgan fingerprint density at radius 2 is 1.55 bits per heavy atom. The van der Waals surface area contributed by atoms with Gasteiger partial charge in [-0.3, -0.25) is 0 Å². The Hall–Kier alpha value is -2.15. The molecule has 1 heteroatoms. The van der Waals surface area contributed by atoms with Crippen molar-refractivity contribution in [1.82, 2.24) is 0 Å². The van der Waals surface area contributed by atoms with Crippen LogP contribution >= 0.6 is 0 Å². The maximum atomic E-state index is 2.43. The first-order chi connectivity index (χ1) is 13.6. The van der Waals surface area contributed by atoms with Crippen molar-refractivity contribution in [3.8, 4) is 11.3 Å². The molecule has 1 nitrogen and oxygen atoms in total. The summed E-state index contributed by atoms with van der Waals surface area (Å²) >= 11 is 0. The molecular weight excluding hydrogens is 350 g/mol. The zero-order valence-corrected chi connectivity index (χ0v) is 19.9. The van der Waals surface area contributed by atoms with Gasteiger partial charge in [0, 0.05) is 13.0 Å². The Kier molecular flexibility index (Phi) is 5.90. The van der Waals surface area contributed by atoms with Crippen LogP contribution in [0.3, 0.4) is 0 Å². The van der Waals surface area contributed by atoms with Crippen molar-refractivity contribution in [2.24, 2.45) is 7.05 Å². The third-order valence-corrected chi connectivity index (χ3v) is 6.81. The summed E-state index contributed by atoms with van der Waals surface area (Å²) in [4.78, 5) is 0. The lowest BCUT2D eigenvalue weighted by Gasteiger charge is -2.22. The van der Waals surface area contributed by atoms with E-state index in [9.17, 15) is 0 Å². The van der Waals surface area contributed by atoms with Gasteiger partial charge in [-0.15, -0.1) is 0 Å². The van der Waals surface area contributed by atoms with E-state index in [1.165, 1.54) is 62.8 Å². The van der Waals surface area contributed by atoms with Gasteiger partial charge in [-0.2, -0.15) is 4.57 Å². The van der Waals surface area contributed by atoms with Gasteiger partial charge in [-0.25, -0.2) is 0 Å². The largest absolute Gasteiger partial charge is 0.220 e. The molecule has 0 amide bonds. The third-order valence-electron chi connectivity index (χ3n) is 6.81. The molecule has 0 aliphatic heterocycles. The number of rotatable bonds is 4. The fourth-order valence-electron chi connectivity index (χ4n) is 4.47. The van der Waals surface area contributed by atoms with Crippen LogP contribution in [0.4, 0.5) is 0 Å². The minimum absolute atomic E-state index is 0.133. The van der Waals surface area contributed by atoms with Crippen LogP contribution in [0, 0.1) is 20.8 Å². The molecule has 0 N–H and O–H groups in total. The highest BCUT2D eigenvalue weighted by molar-refractivity contribution is 5.94. The van der Waals surface area contributed by atoms with Crippen molar-refractivity contribution in [3.05, 3.63) is 64.3 Å².